The van der Waals surface area contributed by atoms with Gasteiger partial charge >= 0.3 is 6.03 Å². The minimum absolute atomic E-state index is 0.0408. The molecular formula is C93H133N17O20S2. The molecule has 37 nitrogen and oxygen atoms in total. The number of carbonyl (C=O) groups excluding carboxylic acids is 18. The summed E-state index contributed by atoms with van der Waals surface area (Å²) in [4.78, 5) is 261. The molecule has 0 unspecified atom stereocenters. The normalized spacial score (nSPS) is 19.1. The van der Waals surface area contributed by atoms with Crippen molar-refractivity contribution in [1.82, 2.24) is 63.5 Å². The van der Waals surface area contributed by atoms with Gasteiger partial charge in [-0.15, -0.1) is 0 Å². The van der Waals surface area contributed by atoms with Crippen LogP contribution in [-0.4, -0.2) is 218 Å². The van der Waals surface area contributed by atoms with Gasteiger partial charge in [0, 0.05) is 111 Å². The summed E-state index contributed by atoms with van der Waals surface area (Å²) in [6, 6.07) is 10.2. The summed E-state index contributed by atoms with van der Waals surface area (Å²) in [5.41, 5.74) is 28.4. The molecule has 12 atom stereocenters. The topological polar surface area (TPSA) is 615 Å². The number of aliphatic hydroxyl groups is 1. The van der Waals surface area contributed by atoms with E-state index in [4.69, 9.17) is 33.4 Å². The third-order valence-corrected chi connectivity index (χ3v) is 27.3. The third kappa shape index (κ3) is 34.5. The SMILES string of the molecule is CC(=O)CCCC(=O)C(C)(C)NC(=O)[C@H](CC(N)=O)CC(=O)[C@H](CCCCNC(C)=O)NC(=O)[C@](C)(CCCCN)CC(=O)[C@H](Cc1ccc2ccccc2c1)NC(=O)[C@@H](CC(=O)[C@H]1NC(=O)[C@H](CCCNC(N)=O)NC(=O)[C@H](Cc2c[nH]c3c(C)cccc23)NC(=O)[C@H]([C@@H](C)O)NC(=O)[C@H](CC(N)=O)NC(=O)[C@@H](NC(C)=O)C(C)(C)SSC1(C)C)Cc1ccc(OCCN)cc1. The van der Waals surface area contributed by atoms with Crippen molar-refractivity contribution in [2.75, 3.05) is 32.8 Å². The Hall–Kier alpha value is -11.7. The Morgan fingerprint density at radius 1 is 0.591 bits per heavy atom. The number of aromatic amines is 1. The van der Waals surface area contributed by atoms with E-state index in [2.05, 4.69) is 63.5 Å². The minimum atomic E-state index is -1.93. The molecule has 4 aromatic carbocycles. The van der Waals surface area contributed by atoms with Crippen molar-refractivity contribution in [1.29, 1.82) is 0 Å². The maximum atomic E-state index is 16.5. The first-order valence-corrected chi connectivity index (χ1v) is 46.6. The number of aromatic nitrogens is 1. The fraction of sp³-hybridized carbons (Fsp3) is 0.548. The van der Waals surface area contributed by atoms with Gasteiger partial charge < -0.3 is 107 Å². The number of hydrogen-bond donors (Lipinski definition) is 18. The van der Waals surface area contributed by atoms with Gasteiger partial charge in [-0.25, -0.2) is 4.79 Å². The van der Waals surface area contributed by atoms with Gasteiger partial charge in [0.25, 0.3) is 0 Å². The molecule has 0 saturated carbocycles. The second-order valence-corrected chi connectivity index (χ2v) is 39.3. The van der Waals surface area contributed by atoms with E-state index < -0.39 is 213 Å². The molecule has 2 heterocycles. The van der Waals surface area contributed by atoms with Crippen LogP contribution in [0.5, 0.6) is 5.75 Å². The zero-order chi connectivity index (χ0) is 98.1. The first-order valence-electron chi connectivity index (χ1n) is 44.4. The number of para-hydroxylation sites is 1. The average molecular weight is 1870 g/mol. The van der Waals surface area contributed by atoms with Crippen LogP contribution >= 0.6 is 21.6 Å². The van der Waals surface area contributed by atoms with E-state index in [9.17, 15) is 62.6 Å². The van der Waals surface area contributed by atoms with E-state index >= 15 is 28.8 Å². The fourth-order valence-corrected chi connectivity index (χ4v) is 18.4. The van der Waals surface area contributed by atoms with Crippen molar-refractivity contribution in [2.24, 2.45) is 45.9 Å². The van der Waals surface area contributed by atoms with Crippen LogP contribution in [0.15, 0.2) is 91.1 Å². The van der Waals surface area contributed by atoms with Gasteiger partial charge in [0.05, 0.1) is 41.5 Å². The van der Waals surface area contributed by atoms with E-state index in [1.165, 1.54) is 48.5 Å². The van der Waals surface area contributed by atoms with Crippen molar-refractivity contribution in [3.63, 3.8) is 0 Å². The van der Waals surface area contributed by atoms with Gasteiger partial charge in [0.2, 0.25) is 70.9 Å². The number of ether oxygens (including phenoxy) is 1. The van der Waals surface area contributed by atoms with Crippen LogP contribution < -0.4 is 91.9 Å². The van der Waals surface area contributed by atoms with Gasteiger partial charge in [-0.1, -0.05) is 108 Å². The zero-order valence-electron chi connectivity index (χ0n) is 77.4. The Morgan fingerprint density at radius 3 is 1.87 bits per heavy atom. The monoisotopic (exact) mass is 1870 g/mol. The van der Waals surface area contributed by atoms with Gasteiger partial charge in [0.15, 0.2) is 23.1 Å². The molecule has 0 aliphatic carbocycles. The summed E-state index contributed by atoms with van der Waals surface area (Å²) in [5, 5.41) is 42.9. The molecule has 722 valence electrons. The van der Waals surface area contributed by atoms with Gasteiger partial charge in [-0.05, 0) is 178 Å². The lowest BCUT2D eigenvalue weighted by atomic mass is 9.77. The number of urea groups is 1. The number of primary amides is 3. The van der Waals surface area contributed by atoms with Crippen LogP contribution in [0, 0.1) is 24.2 Å². The van der Waals surface area contributed by atoms with Crippen molar-refractivity contribution in [3.8, 4) is 5.75 Å². The molecule has 1 aliphatic heterocycles. The number of unbranched alkanes of at least 4 members (excludes halogenated alkanes) is 2. The second kappa shape index (κ2) is 51.4. The Labute approximate surface area is 777 Å². The molecule has 23 N–H and O–H groups in total. The first-order chi connectivity index (χ1) is 62.1. The number of carbonyl (C=O) groups is 18. The molecule has 14 amide bonds. The van der Waals surface area contributed by atoms with Crippen LogP contribution in [-0.2, 0) is 101 Å². The number of Topliss-reactive ketones (excluding diaryl/α,β-unsaturated/α-hetero) is 5. The van der Waals surface area contributed by atoms with E-state index in [0.717, 1.165) is 51.8 Å². The van der Waals surface area contributed by atoms with Crippen LogP contribution in [0.2, 0.25) is 0 Å². The van der Waals surface area contributed by atoms with E-state index in [1.807, 2.05) is 49.4 Å². The van der Waals surface area contributed by atoms with Crippen LogP contribution in [0.3, 0.4) is 0 Å². The van der Waals surface area contributed by atoms with Crippen molar-refractivity contribution in [3.05, 3.63) is 113 Å². The lowest BCUT2D eigenvalue weighted by Crippen LogP contribution is -2.63. The second-order valence-electron chi connectivity index (χ2n) is 35.9. The summed E-state index contributed by atoms with van der Waals surface area (Å²) >= 11 is 0. The number of aliphatic hydroxyl groups excluding tert-OH is 1. The smallest absolute Gasteiger partial charge is 0.312 e. The van der Waals surface area contributed by atoms with Crippen molar-refractivity contribution in [2.45, 2.75) is 275 Å². The summed E-state index contributed by atoms with van der Waals surface area (Å²) in [7, 11) is 1.86. The lowest BCUT2D eigenvalue weighted by Gasteiger charge is -2.39. The summed E-state index contributed by atoms with van der Waals surface area (Å²) in [6.45, 7) is 17.8. The van der Waals surface area contributed by atoms with Crippen molar-refractivity contribution >= 4 is 149 Å². The average Bonchev–Trinajstić information content (AvgIpc) is 0.962. The number of amides is 14. The van der Waals surface area contributed by atoms with Gasteiger partial charge in [-0.2, -0.15) is 0 Å². The highest BCUT2D eigenvalue weighted by Crippen LogP contribution is 2.47. The minimum Gasteiger partial charge on any atom is -0.492 e. The molecule has 5 aromatic rings. The Kier molecular flexibility index (Phi) is 42.5. The van der Waals surface area contributed by atoms with E-state index in [-0.39, 0.29) is 122 Å². The number of ketones is 5. The summed E-state index contributed by atoms with van der Waals surface area (Å²) < 4.78 is 2.65. The Morgan fingerprint density at radius 2 is 1.23 bits per heavy atom. The quantitative estimate of drug-likeness (QED) is 0.0196. The number of fused-ring (bicyclic) bond motifs is 2. The number of benzene rings is 4. The summed E-state index contributed by atoms with van der Waals surface area (Å²) in [6.07, 6.45) is -3.78. The largest absolute Gasteiger partial charge is 0.492 e. The molecule has 1 aliphatic rings. The number of hydrogen-bond acceptors (Lipinski definition) is 24. The first kappa shape index (κ1) is 109. The van der Waals surface area contributed by atoms with Crippen LogP contribution in [0.4, 0.5) is 4.79 Å². The molecule has 132 heavy (non-hydrogen) atoms. The predicted molar refractivity (Wildman–Crippen MR) is 501 cm³/mol. The molecular weight excluding hydrogens is 1740 g/mol. The van der Waals surface area contributed by atoms with Gasteiger partial charge in [-0.3, -0.25) is 76.7 Å². The highest BCUT2D eigenvalue weighted by Gasteiger charge is 2.48. The van der Waals surface area contributed by atoms with E-state index in [1.54, 1.807) is 62.5 Å². The zero-order valence-corrected chi connectivity index (χ0v) is 79.0. The maximum Gasteiger partial charge on any atom is 0.312 e. The molecule has 1 aromatic heterocycles. The highest BCUT2D eigenvalue weighted by molar-refractivity contribution is 8.77. The lowest BCUT2D eigenvalue weighted by molar-refractivity contribution is -0.140. The number of H-pyrrole nitrogens is 1. The molecule has 1 saturated heterocycles. The number of aryl methyl sites for hydroxylation is 1. The molecule has 39 heteroatoms. The Bertz CT molecular complexity index is 4960. The standard InChI is InChI=1S/C93H133N17O20S2/c1-52-22-19-26-65-63(51-101-77(52)65)45-69-84(124)103-67(28-21-40-100-89(98)129)83(123)109-79(91(8,9)131-132-92(10,11)80(102-56(5)114)87(127)106-70(49-76(97)120)85(125)108-78(54(3)112)86(126)105-69)72(116)47-61(42-57-31-34-64(35-32-57)130-41-38-95)81(121)104-68(44-58-30-33-59-24-13-14-25-60(59)43-58)73(117)50-93(12,36-16-17-37-94)88(128)107-66(27-15-18-39-99-55(4)113)71(115)46-62(48-75(96)119)82(122)110-90(6,7)74(118)29-20-23-53(2)111/h13-14,19,22,24-26,30-35,43,51,54,61-62,66-70,78-80,101,112H,15-18,20-21,23,27-29,36-42,44-50,94-95H2,1-12H3,(H2,96,119)(H2,97,120)(H,99,113)(H,102,114)(H,103,124)(H,104,121)(H,105,126)(H,106,127)(H,107,128)(H,108,125)(H,109,123)(H,110,122)(H3,98,100,129)/t54-,61-,62+,66+,67+,68+,69+,70+,78+,79-,80-,93-/m1/s1. The number of nitrogens with one attached hydrogen (secondary N) is 12. The summed E-state index contributed by atoms with van der Waals surface area (Å²) in [5.74, 6) is -16.7. The van der Waals surface area contributed by atoms with Crippen LogP contribution in [0.25, 0.3) is 21.7 Å². The van der Waals surface area contributed by atoms with E-state index in [0.29, 0.717) is 46.2 Å². The van der Waals surface area contributed by atoms with Crippen molar-refractivity contribution < 1.29 is 96.1 Å². The predicted octanol–water partition coefficient (Wildman–Crippen LogP) is 3.20. The maximum absolute atomic E-state index is 16.5. The Balaban J connectivity index is 1.53. The molecule has 6 rings (SSSR count). The molecule has 0 bridgehead atoms. The number of nitrogens with two attached hydrogens (primary N) is 5. The molecule has 1 fully saturated rings. The van der Waals surface area contributed by atoms with Crippen LogP contribution in [0.1, 0.15) is 201 Å². The fourth-order valence-electron chi connectivity index (χ4n) is 15.5. The highest BCUT2D eigenvalue weighted by atomic mass is 33.1. The van der Waals surface area contributed by atoms with Gasteiger partial charge in [0.1, 0.15) is 54.4 Å². The molecule has 0 radical (unpaired) electrons. The molecule has 0 spiro atoms. The number of rotatable bonds is 48. The third-order valence-electron chi connectivity index (χ3n) is 23.0.